The summed E-state index contributed by atoms with van der Waals surface area (Å²) in [5.74, 6) is 0. The topological polar surface area (TPSA) is 37.4 Å². The monoisotopic (exact) mass is 263 g/mol. The van der Waals surface area contributed by atoms with Crippen molar-refractivity contribution in [1.82, 2.24) is 15.2 Å². The molecule has 1 aromatic rings. The minimum absolute atomic E-state index is 0.389. The van der Waals surface area contributed by atoms with Crippen LogP contribution in [0.25, 0.3) is 0 Å². The highest BCUT2D eigenvalue weighted by Crippen LogP contribution is 2.20. The van der Waals surface area contributed by atoms with Gasteiger partial charge in [-0.2, -0.15) is 0 Å². The van der Waals surface area contributed by atoms with E-state index in [1.807, 2.05) is 19.4 Å². The maximum atomic E-state index is 6.06. The van der Waals surface area contributed by atoms with Crippen LogP contribution in [0.4, 0.5) is 0 Å². The Labute approximate surface area is 116 Å². The van der Waals surface area contributed by atoms with Crippen LogP contribution in [0, 0.1) is 0 Å². The average Bonchev–Trinajstić information content (AvgIpc) is 2.87. The van der Waals surface area contributed by atoms with Crippen LogP contribution in [0.5, 0.6) is 0 Å². The van der Waals surface area contributed by atoms with E-state index in [9.17, 15) is 0 Å². The molecule has 0 radical (unpaired) electrons. The summed E-state index contributed by atoms with van der Waals surface area (Å²) in [6.45, 7) is 6.24. The van der Waals surface area contributed by atoms with Crippen molar-refractivity contribution in [3.05, 3.63) is 30.1 Å². The van der Waals surface area contributed by atoms with Crippen molar-refractivity contribution in [2.24, 2.45) is 0 Å². The van der Waals surface area contributed by atoms with Crippen molar-refractivity contribution in [2.45, 2.75) is 38.5 Å². The number of aromatic nitrogens is 1. The molecule has 2 atom stereocenters. The molecule has 0 aliphatic carbocycles. The van der Waals surface area contributed by atoms with Crippen molar-refractivity contribution in [3.8, 4) is 0 Å². The maximum absolute atomic E-state index is 6.06. The quantitative estimate of drug-likeness (QED) is 0.812. The molecule has 0 spiro atoms. The summed E-state index contributed by atoms with van der Waals surface area (Å²) in [5, 5.41) is 3.19. The van der Waals surface area contributed by atoms with Gasteiger partial charge in [0.1, 0.15) is 0 Å². The predicted molar refractivity (Wildman–Crippen MR) is 77.0 cm³/mol. The van der Waals surface area contributed by atoms with Crippen molar-refractivity contribution in [2.75, 3.05) is 26.7 Å². The van der Waals surface area contributed by atoms with Gasteiger partial charge in [-0.15, -0.1) is 0 Å². The van der Waals surface area contributed by atoms with Crippen LogP contribution in [0.2, 0.25) is 0 Å². The zero-order valence-electron chi connectivity index (χ0n) is 12.0. The molecule has 1 aliphatic rings. The van der Waals surface area contributed by atoms with Crippen LogP contribution in [0.15, 0.2) is 24.5 Å². The van der Waals surface area contributed by atoms with E-state index in [-0.39, 0.29) is 0 Å². The fraction of sp³-hybridized carbons (Fsp3) is 0.667. The molecule has 19 heavy (non-hydrogen) atoms. The fourth-order valence-corrected chi connectivity index (χ4v) is 2.63. The predicted octanol–water partition coefficient (Wildman–Crippen LogP) is 1.67. The van der Waals surface area contributed by atoms with Crippen molar-refractivity contribution >= 4 is 0 Å². The number of likely N-dealkylation sites (N-methyl/N-ethyl adjacent to an activating group) is 2. The molecule has 0 bridgehead atoms. The molecule has 0 saturated carbocycles. The molecule has 1 N–H and O–H groups in total. The van der Waals surface area contributed by atoms with Gasteiger partial charge in [0, 0.05) is 32.0 Å². The molecule has 1 aromatic heterocycles. The van der Waals surface area contributed by atoms with Crippen LogP contribution in [-0.2, 0) is 11.3 Å². The average molecular weight is 263 g/mol. The lowest BCUT2D eigenvalue weighted by atomic mass is 10.1. The van der Waals surface area contributed by atoms with Gasteiger partial charge in [0.05, 0.1) is 12.2 Å². The van der Waals surface area contributed by atoms with Gasteiger partial charge in [0.15, 0.2) is 0 Å². The Morgan fingerprint density at radius 1 is 1.32 bits per heavy atom. The summed E-state index contributed by atoms with van der Waals surface area (Å²) in [6.07, 6.45) is 6.86. The summed E-state index contributed by atoms with van der Waals surface area (Å²) >= 11 is 0. The summed E-state index contributed by atoms with van der Waals surface area (Å²) < 4.78 is 6.06. The largest absolute Gasteiger partial charge is 0.372 e. The summed E-state index contributed by atoms with van der Waals surface area (Å²) in [6, 6.07) is 4.17. The molecule has 4 heteroatoms. The van der Waals surface area contributed by atoms with Gasteiger partial charge in [-0.1, -0.05) is 6.92 Å². The number of hydrogen-bond acceptors (Lipinski definition) is 4. The lowest BCUT2D eigenvalue weighted by Crippen LogP contribution is -2.33. The van der Waals surface area contributed by atoms with E-state index < -0.39 is 0 Å². The number of nitrogens with zero attached hydrogens (tertiary/aromatic N) is 2. The van der Waals surface area contributed by atoms with Gasteiger partial charge in [-0.05, 0) is 44.1 Å². The third-order valence-electron chi connectivity index (χ3n) is 3.69. The Kier molecular flexibility index (Phi) is 5.76. The SMILES string of the molecule is CCN(Cc1ccncc1)CC1CCC(CNC)O1. The van der Waals surface area contributed by atoms with Gasteiger partial charge in [0.2, 0.25) is 0 Å². The van der Waals surface area contributed by atoms with Crippen LogP contribution in [0.3, 0.4) is 0 Å². The number of nitrogens with one attached hydrogen (secondary N) is 1. The molecule has 1 saturated heterocycles. The number of pyridine rings is 1. The smallest absolute Gasteiger partial charge is 0.0707 e. The van der Waals surface area contributed by atoms with Crippen LogP contribution in [-0.4, -0.2) is 48.8 Å². The molecule has 106 valence electrons. The van der Waals surface area contributed by atoms with E-state index >= 15 is 0 Å². The van der Waals surface area contributed by atoms with E-state index in [1.165, 1.54) is 18.4 Å². The van der Waals surface area contributed by atoms with E-state index in [2.05, 4.69) is 34.3 Å². The number of rotatable bonds is 7. The Bertz CT molecular complexity index is 358. The van der Waals surface area contributed by atoms with Gasteiger partial charge >= 0.3 is 0 Å². The zero-order chi connectivity index (χ0) is 13.5. The molecule has 4 nitrogen and oxygen atoms in total. The normalized spacial score (nSPS) is 23.1. The van der Waals surface area contributed by atoms with E-state index in [0.29, 0.717) is 12.2 Å². The first-order valence-electron chi connectivity index (χ1n) is 7.23. The first kappa shape index (κ1) is 14.4. The zero-order valence-corrected chi connectivity index (χ0v) is 12.0. The van der Waals surface area contributed by atoms with Crippen LogP contribution in [0.1, 0.15) is 25.3 Å². The van der Waals surface area contributed by atoms with E-state index in [4.69, 9.17) is 4.74 Å². The molecule has 0 aromatic carbocycles. The minimum atomic E-state index is 0.389. The second kappa shape index (κ2) is 7.58. The molecule has 2 heterocycles. The van der Waals surface area contributed by atoms with Gasteiger partial charge in [-0.3, -0.25) is 9.88 Å². The Hall–Kier alpha value is -0.970. The van der Waals surface area contributed by atoms with Crippen LogP contribution >= 0.6 is 0 Å². The maximum Gasteiger partial charge on any atom is 0.0707 e. The lowest BCUT2D eigenvalue weighted by Gasteiger charge is -2.24. The minimum Gasteiger partial charge on any atom is -0.372 e. The van der Waals surface area contributed by atoms with Crippen LogP contribution < -0.4 is 5.32 Å². The molecule has 1 aliphatic heterocycles. The second-order valence-electron chi connectivity index (χ2n) is 5.20. The van der Waals surface area contributed by atoms with E-state index in [0.717, 1.165) is 26.2 Å². The van der Waals surface area contributed by atoms with Crippen molar-refractivity contribution in [3.63, 3.8) is 0 Å². The molecule has 2 rings (SSSR count). The van der Waals surface area contributed by atoms with Gasteiger partial charge in [-0.25, -0.2) is 0 Å². The fourth-order valence-electron chi connectivity index (χ4n) is 2.63. The number of ether oxygens (including phenoxy) is 1. The molecular weight excluding hydrogens is 238 g/mol. The van der Waals surface area contributed by atoms with Crippen molar-refractivity contribution in [1.29, 1.82) is 0 Å². The second-order valence-corrected chi connectivity index (χ2v) is 5.20. The van der Waals surface area contributed by atoms with Crippen molar-refractivity contribution < 1.29 is 4.74 Å². The number of hydrogen-bond donors (Lipinski definition) is 1. The Morgan fingerprint density at radius 3 is 2.74 bits per heavy atom. The summed E-state index contributed by atoms with van der Waals surface area (Å²) in [4.78, 5) is 6.51. The lowest BCUT2D eigenvalue weighted by molar-refractivity contribution is 0.0236. The van der Waals surface area contributed by atoms with E-state index in [1.54, 1.807) is 0 Å². The Balaban J connectivity index is 1.80. The summed E-state index contributed by atoms with van der Waals surface area (Å²) in [7, 11) is 1.98. The van der Waals surface area contributed by atoms with Gasteiger partial charge < -0.3 is 10.1 Å². The standard InChI is InChI=1S/C15H25N3O/c1-3-18(11-13-6-8-17-9-7-13)12-15-5-4-14(19-15)10-16-2/h6-9,14-16H,3-5,10-12H2,1-2H3. The Morgan fingerprint density at radius 2 is 2.05 bits per heavy atom. The first-order valence-corrected chi connectivity index (χ1v) is 7.23. The third-order valence-corrected chi connectivity index (χ3v) is 3.69. The molecular formula is C15H25N3O. The molecule has 2 unspecified atom stereocenters. The third kappa shape index (κ3) is 4.56. The summed E-state index contributed by atoms with van der Waals surface area (Å²) in [5.41, 5.74) is 1.32. The molecule has 0 amide bonds. The molecule has 1 fully saturated rings. The highest BCUT2D eigenvalue weighted by molar-refractivity contribution is 5.09. The first-order chi connectivity index (χ1) is 9.31. The highest BCUT2D eigenvalue weighted by atomic mass is 16.5. The highest BCUT2D eigenvalue weighted by Gasteiger charge is 2.25. The van der Waals surface area contributed by atoms with Gasteiger partial charge in [0.25, 0.3) is 0 Å².